The van der Waals surface area contributed by atoms with E-state index in [1.54, 1.807) is 66.4 Å². The lowest BCUT2D eigenvalue weighted by Gasteiger charge is -2.20. The predicted molar refractivity (Wildman–Crippen MR) is 136 cm³/mol. The molecule has 182 valence electrons. The Morgan fingerprint density at radius 2 is 1.80 bits per heavy atom. The molecule has 0 aliphatic carbocycles. The number of amides is 2. The van der Waals surface area contributed by atoms with Crippen molar-refractivity contribution in [3.8, 4) is 5.75 Å². The Hall–Kier alpha value is -3.85. The fraction of sp³-hybridized carbons (Fsp3) is 0.231. The number of carbonyl (C=O) groups excluding carboxylic acids is 2. The zero-order chi connectivity index (χ0) is 25.2. The molecule has 0 saturated carbocycles. The number of aryl methyl sites for hydroxylation is 2. The fourth-order valence-corrected chi connectivity index (χ4v) is 5.46. The van der Waals surface area contributed by atoms with Crippen LogP contribution in [0.25, 0.3) is 0 Å². The van der Waals surface area contributed by atoms with E-state index in [-0.39, 0.29) is 22.1 Å². The maximum absolute atomic E-state index is 13.1. The van der Waals surface area contributed by atoms with Gasteiger partial charge in [0, 0.05) is 24.7 Å². The molecule has 2 N–H and O–H groups in total. The van der Waals surface area contributed by atoms with E-state index in [1.165, 1.54) is 7.11 Å². The van der Waals surface area contributed by atoms with Gasteiger partial charge in [-0.25, -0.2) is 8.42 Å². The molecule has 35 heavy (non-hydrogen) atoms. The topological polar surface area (TPSA) is 105 Å². The number of para-hydroxylation sites is 1. The number of benzene rings is 3. The highest BCUT2D eigenvalue weighted by Crippen LogP contribution is 2.34. The molecule has 0 spiro atoms. The van der Waals surface area contributed by atoms with Crippen LogP contribution in [0.5, 0.6) is 5.75 Å². The number of anilines is 3. The van der Waals surface area contributed by atoms with Gasteiger partial charge in [0.15, 0.2) is 0 Å². The quantitative estimate of drug-likeness (QED) is 0.505. The molecule has 1 aliphatic heterocycles. The van der Waals surface area contributed by atoms with E-state index in [4.69, 9.17) is 4.74 Å². The van der Waals surface area contributed by atoms with Crippen molar-refractivity contribution < 1.29 is 22.7 Å². The first-order chi connectivity index (χ1) is 16.7. The van der Waals surface area contributed by atoms with Crippen molar-refractivity contribution in [2.24, 2.45) is 0 Å². The lowest BCUT2D eigenvalue weighted by atomic mass is 10.1. The third-order valence-corrected chi connectivity index (χ3v) is 7.36. The standard InChI is InChI=1S/C26H27N3O5S/c1-17-10-11-18(2)24(15-17)35(32,33)28-21-8-5-4-7-20(21)26(31)27-19-12-13-22(23(16-19)34-3)29-14-6-9-25(29)30/h4-5,7-8,10-13,15-16,28H,6,9,14H2,1-3H3,(H,27,31). The number of carbonyl (C=O) groups is 2. The minimum Gasteiger partial charge on any atom is -0.494 e. The summed E-state index contributed by atoms with van der Waals surface area (Å²) in [5.74, 6) is 0.00317. The van der Waals surface area contributed by atoms with Crippen molar-refractivity contribution in [1.29, 1.82) is 0 Å². The molecule has 9 heteroatoms. The fourth-order valence-electron chi connectivity index (χ4n) is 4.05. The number of nitrogens with one attached hydrogen (secondary N) is 2. The van der Waals surface area contributed by atoms with Gasteiger partial charge in [0.1, 0.15) is 5.75 Å². The molecular formula is C26H27N3O5S. The van der Waals surface area contributed by atoms with E-state index in [0.717, 1.165) is 12.0 Å². The Labute approximate surface area is 205 Å². The Morgan fingerprint density at radius 3 is 2.51 bits per heavy atom. The van der Waals surface area contributed by atoms with Gasteiger partial charge in [-0.15, -0.1) is 0 Å². The maximum Gasteiger partial charge on any atom is 0.262 e. The second-order valence-electron chi connectivity index (χ2n) is 8.41. The number of nitrogens with zero attached hydrogens (tertiary/aromatic N) is 1. The summed E-state index contributed by atoms with van der Waals surface area (Å²) in [6, 6.07) is 16.6. The predicted octanol–water partition coefficient (Wildman–Crippen LogP) is 4.49. The molecule has 1 heterocycles. The molecule has 3 aromatic rings. The molecule has 0 atom stereocenters. The smallest absolute Gasteiger partial charge is 0.262 e. The van der Waals surface area contributed by atoms with Crippen LogP contribution in [0.15, 0.2) is 65.6 Å². The first-order valence-corrected chi connectivity index (χ1v) is 12.7. The first-order valence-electron chi connectivity index (χ1n) is 11.2. The average molecular weight is 494 g/mol. The minimum absolute atomic E-state index is 0.0325. The monoisotopic (exact) mass is 493 g/mol. The summed E-state index contributed by atoms with van der Waals surface area (Å²) < 4.78 is 34.2. The van der Waals surface area contributed by atoms with Crippen LogP contribution >= 0.6 is 0 Å². The van der Waals surface area contributed by atoms with Gasteiger partial charge in [-0.1, -0.05) is 24.3 Å². The number of hydrogen-bond donors (Lipinski definition) is 2. The average Bonchev–Trinajstić information content (AvgIpc) is 3.26. The molecule has 0 bridgehead atoms. The van der Waals surface area contributed by atoms with Gasteiger partial charge >= 0.3 is 0 Å². The van der Waals surface area contributed by atoms with E-state index >= 15 is 0 Å². The molecule has 0 aromatic heterocycles. The Balaban J connectivity index is 1.59. The van der Waals surface area contributed by atoms with Crippen LogP contribution < -0.4 is 19.7 Å². The van der Waals surface area contributed by atoms with Gasteiger partial charge in [-0.3, -0.25) is 14.3 Å². The summed E-state index contributed by atoms with van der Waals surface area (Å²) in [7, 11) is -2.41. The number of ether oxygens (including phenoxy) is 1. The van der Waals surface area contributed by atoms with E-state index in [1.807, 2.05) is 13.0 Å². The van der Waals surface area contributed by atoms with Gasteiger partial charge in [-0.2, -0.15) is 0 Å². The molecule has 1 aliphatic rings. The summed E-state index contributed by atoms with van der Waals surface area (Å²) in [6.45, 7) is 4.16. The number of methoxy groups -OCH3 is 1. The van der Waals surface area contributed by atoms with Crippen LogP contribution in [-0.2, 0) is 14.8 Å². The van der Waals surface area contributed by atoms with Crippen molar-refractivity contribution in [2.45, 2.75) is 31.6 Å². The van der Waals surface area contributed by atoms with Gasteiger partial charge in [0.05, 0.1) is 28.9 Å². The highest BCUT2D eigenvalue weighted by atomic mass is 32.2. The lowest BCUT2D eigenvalue weighted by molar-refractivity contribution is -0.117. The summed E-state index contributed by atoms with van der Waals surface area (Å²) in [6.07, 6.45) is 1.28. The second-order valence-corrected chi connectivity index (χ2v) is 10.1. The van der Waals surface area contributed by atoms with Crippen LogP contribution in [0, 0.1) is 13.8 Å². The highest BCUT2D eigenvalue weighted by molar-refractivity contribution is 7.92. The van der Waals surface area contributed by atoms with Crippen LogP contribution in [0.3, 0.4) is 0 Å². The number of sulfonamides is 1. The van der Waals surface area contributed by atoms with Crippen molar-refractivity contribution in [1.82, 2.24) is 0 Å². The third kappa shape index (κ3) is 5.14. The van der Waals surface area contributed by atoms with Crippen molar-refractivity contribution in [3.63, 3.8) is 0 Å². The van der Waals surface area contributed by atoms with E-state index < -0.39 is 15.9 Å². The molecule has 1 fully saturated rings. The molecule has 3 aromatic carbocycles. The molecule has 0 radical (unpaired) electrons. The SMILES string of the molecule is COc1cc(NC(=O)c2ccccc2NS(=O)(=O)c2cc(C)ccc2C)ccc1N1CCCC1=O. The molecular weight excluding hydrogens is 466 g/mol. The molecule has 8 nitrogen and oxygen atoms in total. The van der Waals surface area contributed by atoms with Gasteiger partial charge < -0.3 is 15.0 Å². The molecule has 2 amide bonds. The summed E-state index contributed by atoms with van der Waals surface area (Å²) in [5, 5.41) is 2.79. The molecule has 4 rings (SSSR count). The zero-order valence-corrected chi connectivity index (χ0v) is 20.6. The second kappa shape index (κ2) is 9.79. The maximum atomic E-state index is 13.1. The normalized spacial score (nSPS) is 13.6. The van der Waals surface area contributed by atoms with Crippen LogP contribution in [0.1, 0.15) is 34.3 Å². The lowest BCUT2D eigenvalue weighted by Crippen LogP contribution is -2.24. The molecule has 0 unspecified atom stereocenters. The number of hydrogen-bond acceptors (Lipinski definition) is 5. The Kier molecular flexibility index (Phi) is 6.79. The zero-order valence-electron chi connectivity index (χ0n) is 19.8. The van der Waals surface area contributed by atoms with E-state index in [2.05, 4.69) is 10.0 Å². The Morgan fingerprint density at radius 1 is 1.03 bits per heavy atom. The van der Waals surface area contributed by atoms with Gasteiger partial charge in [-0.05, 0) is 61.7 Å². The van der Waals surface area contributed by atoms with E-state index in [9.17, 15) is 18.0 Å². The largest absolute Gasteiger partial charge is 0.494 e. The van der Waals surface area contributed by atoms with Crippen molar-refractivity contribution in [2.75, 3.05) is 28.6 Å². The van der Waals surface area contributed by atoms with Crippen LogP contribution in [-0.4, -0.2) is 33.9 Å². The van der Waals surface area contributed by atoms with Crippen LogP contribution in [0.4, 0.5) is 17.1 Å². The van der Waals surface area contributed by atoms with Gasteiger partial charge in [0.2, 0.25) is 5.91 Å². The van der Waals surface area contributed by atoms with E-state index in [0.29, 0.717) is 35.7 Å². The van der Waals surface area contributed by atoms with Crippen LogP contribution in [0.2, 0.25) is 0 Å². The minimum atomic E-state index is -3.91. The van der Waals surface area contributed by atoms with Gasteiger partial charge in [0.25, 0.3) is 15.9 Å². The summed E-state index contributed by atoms with van der Waals surface area (Å²) in [4.78, 5) is 27.1. The Bertz CT molecular complexity index is 1400. The first kappa shape index (κ1) is 24.3. The number of rotatable bonds is 7. The summed E-state index contributed by atoms with van der Waals surface area (Å²) >= 11 is 0. The molecule has 1 saturated heterocycles. The summed E-state index contributed by atoms with van der Waals surface area (Å²) in [5.41, 5.74) is 2.85. The van der Waals surface area contributed by atoms with Crippen molar-refractivity contribution in [3.05, 3.63) is 77.4 Å². The highest BCUT2D eigenvalue weighted by Gasteiger charge is 2.25. The third-order valence-electron chi connectivity index (χ3n) is 5.85. The van der Waals surface area contributed by atoms with Crippen molar-refractivity contribution >= 4 is 38.9 Å².